The predicted octanol–water partition coefficient (Wildman–Crippen LogP) is 1.21. The summed E-state index contributed by atoms with van der Waals surface area (Å²) in [6.45, 7) is 0. The van der Waals surface area contributed by atoms with Crippen molar-refractivity contribution in [1.82, 2.24) is 0 Å². The van der Waals surface area contributed by atoms with Crippen molar-refractivity contribution in [2.24, 2.45) is 5.16 Å². The van der Waals surface area contributed by atoms with Crippen molar-refractivity contribution < 1.29 is 15.1 Å². The lowest BCUT2D eigenvalue weighted by Gasteiger charge is -2.01. The Morgan fingerprint density at radius 1 is 1.53 bits per heavy atom. The average Bonchev–Trinajstić information content (AvgIpc) is 2.25. The second kappa shape index (κ2) is 4.77. The number of aliphatic carboxylic acids is 1. The lowest BCUT2D eigenvalue weighted by Crippen LogP contribution is -2.08. The molecule has 0 aromatic heterocycles. The highest BCUT2D eigenvalue weighted by Crippen LogP contribution is 2.08. The molecule has 0 aliphatic rings. The van der Waals surface area contributed by atoms with Crippen molar-refractivity contribution in [2.45, 2.75) is 6.42 Å². The van der Waals surface area contributed by atoms with Gasteiger partial charge in [0.25, 0.3) is 0 Å². The summed E-state index contributed by atoms with van der Waals surface area (Å²) in [5.74, 6) is -1.09. The van der Waals surface area contributed by atoms with Crippen LogP contribution < -0.4 is 0 Å². The maximum absolute atomic E-state index is 10.4. The highest BCUT2D eigenvalue weighted by Gasteiger charge is 2.09. The van der Waals surface area contributed by atoms with E-state index in [9.17, 15) is 4.79 Å². The van der Waals surface area contributed by atoms with E-state index < -0.39 is 5.97 Å². The van der Waals surface area contributed by atoms with Crippen molar-refractivity contribution in [1.29, 1.82) is 5.26 Å². The normalized spacial score (nSPS) is 10.7. The molecule has 1 aromatic carbocycles. The third-order valence-electron chi connectivity index (χ3n) is 1.76. The summed E-state index contributed by atoms with van der Waals surface area (Å²) in [6, 6.07) is 8.15. The van der Waals surface area contributed by atoms with E-state index in [0.717, 1.165) is 0 Å². The second-order valence-corrected chi connectivity index (χ2v) is 2.81. The topological polar surface area (TPSA) is 93.7 Å². The molecule has 76 valence electrons. The molecule has 15 heavy (non-hydrogen) atoms. The van der Waals surface area contributed by atoms with E-state index in [-0.39, 0.29) is 12.1 Å². The molecule has 0 aliphatic heterocycles. The molecule has 1 aromatic rings. The van der Waals surface area contributed by atoms with Gasteiger partial charge >= 0.3 is 5.97 Å². The number of carbonyl (C=O) groups is 1. The molecule has 2 N–H and O–H groups in total. The molecule has 0 saturated carbocycles. The van der Waals surface area contributed by atoms with E-state index in [0.29, 0.717) is 11.1 Å². The molecule has 0 spiro atoms. The van der Waals surface area contributed by atoms with E-state index in [1.807, 2.05) is 6.07 Å². The van der Waals surface area contributed by atoms with Crippen molar-refractivity contribution >= 4 is 11.7 Å². The third-order valence-corrected chi connectivity index (χ3v) is 1.76. The summed E-state index contributed by atoms with van der Waals surface area (Å²) in [6.07, 6.45) is -0.384. The van der Waals surface area contributed by atoms with Crippen LogP contribution in [0.1, 0.15) is 17.5 Å². The summed E-state index contributed by atoms with van der Waals surface area (Å²) >= 11 is 0. The van der Waals surface area contributed by atoms with Crippen LogP contribution in [0.4, 0.5) is 0 Å². The van der Waals surface area contributed by atoms with Crippen LogP contribution in [0.25, 0.3) is 0 Å². The lowest BCUT2D eigenvalue weighted by molar-refractivity contribution is -0.135. The predicted molar refractivity (Wildman–Crippen MR) is 51.7 cm³/mol. The maximum Gasteiger partial charge on any atom is 0.309 e. The van der Waals surface area contributed by atoms with Crippen LogP contribution in [0.3, 0.4) is 0 Å². The van der Waals surface area contributed by atoms with Gasteiger partial charge in [-0.05, 0) is 12.1 Å². The molecule has 0 bridgehead atoms. The van der Waals surface area contributed by atoms with Gasteiger partial charge in [0, 0.05) is 5.56 Å². The zero-order chi connectivity index (χ0) is 11.3. The summed E-state index contributed by atoms with van der Waals surface area (Å²) < 4.78 is 0. The SMILES string of the molecule is N#Cc1cccc(/C(CC(=O)O)=N\O)c1. The number of nitriles is 1. The summed E-state index contributed by atoms with van der Waals surface area (Å²) in [7, 11) is 0. The van der Waals surface area contributed by atoms with E-state index in [1.165, 1.54) is 6.07 Å². The molecule has 0 fully saturated rings. The van der Waals surface area contributed by atoms with Crippen molar-refractivity contribution in [3.05, 3.63) is 35.4 Å². The first-order valence-electron chi connectivity index (χ1n) is 4.10. The molecule has 0 radical (unpaired) electrons. The third kappa shape index (κ3) is 2.81. The first-order valence-corrected chi connectivity index (χ1v) is 4.10. The van der Waals surface area contributed by atoms with Crippen LogP contribution in [0, 0.1) is 11.3 Å². The maximum atomic E-state index is 10.4. The molecule has 1 rings (SSSR count). The van der Waals surface area contributed by atoms with Crippen LogP contribution in [0.2, 0.25) is 0 Å². The number of hydrogen-bond donors (Lipinski definition) is 2. The van der Waals surface area contributed by atoms with E-state index in [2.05, 4.69) is 5.16 Å². The van der Waals surface area contributed by atoms with Gasteiger partial charge in [0.1, 0.15) is 0 Å². The smallest absolute Gasteiger partial charge is 0.309 e. The van der Waals surface area contributed by atoms with Gasteiger partial charge in [-0.1, -0.05) is 17.3 Å². The zero-order valence-electron chi connectivity index (χ0n) is 7.71. The van der Waals surface area contributed by atoms with Gasteiger partial charge in [-0.15, -0.1) is 0 Å². The van der Waals surface area contributed by atoms with Crippen LogP contribution >= 0.6 is 0 Å². The largest absolute Gasteiger partial charge is 0.481 e. The Labute approximate surface area is 85.9 Å². The fourth-order valence-electron chi connectivity index (χ4n) is 1.11. The first kappa shape index (κ1) is 10.7. The summed E-state index contributed by atoms with van der Waals surface area (Å²) in [5, 5.41) is 28.7. The molecular weight excluding hydrogens is 196 g/mol. The van der Waals surface area contributed by atoms with Crippen LogP contribution in [0.15, 0.2) is 29.4 Å². The molecule has 0 saturated heterocycles. The molecule has 5 heteroatoms. The van der Waals surface area contributed by atoms with Crippen molar-refractivity contribution in [3.8, 4) is 6.07 Å². The Morgan fingerprint density at radius 3 is 2.80 bits per heavy atom. The number of carboxylic acid groups (broad SMARTS) is 1. The Balaban J connectivity index is 3.04. The molecule has 0 unspecified atom stereocenters. The van der Waals surface area contributed by atoms with Gasteiger partial charge in [-0.25, -0.2) is 0 Å². The molecule has 0 amide bonds. The van der Waals surface area contributed by atoms with E-state index >= 15 is 0 Å². The Bertz CT molecular complexity index is 446. The fraction of sp³-hybridized carbons (Fsp3) is 0.100. The quantitative estimate of drug-likeness (QED) is 0.439. The van der Waals surface area contributed by atoms with E-state index in [1.54, 1.807) is 18.2 Å². The summed E-state index contributed by atoms with van der Waals surface area (Å²) in [4.78, 5) is 10.4. The van der Waals surface area contributed by atoms with Gasteiger partial charge in [0.05, 0.1) is 23.8 Å². The minimum atomic E-state index is -1.09. The number of rotatable bonds is 3. The van der Waals surface area contributed by atoms with Gasteiger partial charge in [0.15, 0.2) is 0 Å². The van der Waals surface area contributed by atoms with Crippen LogP contribution in [0.5, 0.6) is 0 Å². The van der Waals surface area contributed by atoms with Crippen molar-refractivity contribution in [2.75, 3.05) is 0 Å². The first-order chi connectivity index (χ1) is 7.17. The number of nitrogens with zero attached hydrogens (tertiary/aromatic N) is 2. The van der Waals surface area contributed by atoms with Gasteiger partial charge < -0.3 is 10.3 Å². The molecule has 0 aliphatic carbocycles. The van der Waals surface area contributed by atoms with Gasteiger partial charge in [0.2, 0.25) is 0 Å². The lowest BCUT2D eigenvalue weighted by atomic mass is 10.1. The number of benzene rings is 1. The standard InChI is InChI=1S/C10H8N2O3/c11-6-7-2-1-3-8(4-7)9(12-15)5-10(13)14/h1-4,15H,5H2,(H,13,14)/b12-9-. The zero-order valence-corrected chi connectivity index (χ0v) is 7.71. The summed E-state index contributed by atoms with van der Waals surface area (Å²) in [5.41, 5.74) is 0.845. The van der Waals surface area contributed by atoms with E-state index in [4.69, 9.17) is 15.6 Å². The highest BCUT2D eigenvalue weighted by molar-refractivity contribution is 6.08. The van der Waals surface area contributed by atoms with Crippen molar-refractivity contribution in [3.63, 3.8) is 0 Å². The second-order valence-electron chi connectivity index (χ2n) is 2.81. The number of hydrogen-bond acceptors (Lipinski definition) is 4. The highest BCUT2D eigenvalue weighted by atomic mass is 16.4. The number of oxime groups is 1. The Hall–Kier alpha value is -2.35. The minimum Gasteiger partial charge on any atom is -0.481 e. The minimum absolute atomic E-state index is 0.0274. The molecule has 0 heterocycles. The Kier molecular flexibility index (Phi) is 3.41. The molecule has 5 nitrogen and oxygen atoms in total. The monoisotopic (exact) mass is 204 g/mol. The number of carboxylic acids is 1. The molecule has 0 atom stereocenters. The average molecular weight is 204 g/mol. The Morgan fingerprint density at radius 2 is 2.27 bits per heavy atom. The van der Waals surface area contributed by atoms with Gasteiger partial charge in [-0.3, -0.25) is 4.79 Å². The molecular formula is C10H8N2O3. The van der Waals surface area contributed by atoms with Gasteiger partial charge in [-0.2, -0.15) is 5.26 Å². The van der Waals surface area contributed by atoms with Crippen LogP contribution in [-0.2, 0) is 4.79 Å². The fourth-order valence-corrected chi connectivity index (χ4v) is 1.11. The van der Waals surface area contributed by atoms with Crippen LogP contribution in [-0.4, -0.2) is 22.0 Å².